The highest BCUT2D eigenvalue weighted by Crippen LogP contribution is 2.16. The number of benzene rings is 1. The zero-order valence-electron chi connectivity index (χ0n) is 10.4. The van der Waals surface area contributed by atoms with E-state index in [1.54, 1.807) is 10.9 Å². The second kappa shape index (κ2) is 6.16. The van der Waals surface area contributed by atoms with Crippen LogP contribution in [0.2, 0.25) is 0 Å². The number of ether oxygens (including phenoxy) is 1. The first-order chi connectivity index (χ1) is 8.85. The lowest BCUT2D eigenvalue weighted by Gasteiger charge is -2.07. The van der Waals surface area contributed by atoms with Gasteiger partial charge in [-0.3, -0.25) is 0 Å². The topological polar surface area (TPSA) is 60.2 Å². The molecule has 96 valence electrons. The Bertz CT molecular complexity index is 479. The van der Waals surface area contributed by atoms with Crippen LogP contribution in [-0.4, -0.2) is 26.7 Å². The summed E-state index contributed by atoms with van der Waals surface area (Å²) in [5, 5.41) is 16.8. The molecule has 0 fully saturated rings. The molecule has 18 heavy (non-hydrogen) atoms. The van der Waals surface area contributed by atoms with Crippen LogP contribution in [0, 0.1) is 0 Å². The lowest BCUT2D eigenvalue weighted by atomic mass is 10.3. The predicted octanol–water partition coefficient (Wildman–Crippen LogP) is 1.94. The molecule has 0 bridgehead atoms. The molecule has 0 aliphatic rings. The van der Waals surface area contributed by atoms with Gasteiger partial charge in [0.05, 0.1) is 30.8 Å². The minimum absolute atomic E-state index is 0.0816. The van der Waals surface area contributed by atoms with Crippen LogP contribution in [0.4, 0.5) is 0 Å². The van der Waals surface area contributed by atoms with Crippen LogP contribution in [0.3, 0.4) is 0 Å². The van der Waals surface area contributed by atoms with Gasteiger partial charge in [0.1, 0.15) is 5.75 Å². The fraction of sp³-hybridized carbons (Fsp3) is 0.385. The van der Waals surface area contributed by atoms with Gasteiger partial charge in [-0.05, 0) is 30.7 Å². The average molecular weight is 247 g/mol. The van der Waals surface area contributed by atoms with Gasteiger partial charge < -0.3 is 9.84 Å². The van der Waals surface area contributed by atoms with Gasteiger partial charge in [-0.2, -0.15) is 0 Å². The van der Waals surface area contributed by atoms with E-state index in [2.05, 4.69) is 17.2 Å². The lowest BCUT2D eigenvalue weighted by molar-refractivity contribution is 0.273. The van der Waals surface area contributed by atoms with Crippen molar-refractivity contribution in [2.24, 2.45) is 0 Å². The zero-order valence-corrected chi connectivity index (χ0v) is 10.4. The first-order valence-corrected chi connectivity index (χ1v) is 6.09. The smallest absolute Gasteiger partial charge is 0.119 e. The van der Waals surface area contributed by atoms with Crippen LogP contribution in [0.25, 0.3) is 5.69 Å². The first-order valence-electron chi connectivity index (χ1n) is 6.09. The number of hydrogen-bond donors (Lipinski definition) is 1. The molecule has 0 aliphatic heterocycles. The van der Waals surface area contributed by atoms with E-state index in [-0.39, 0.29) is 6.61 Å². The Hall–Kier alpha value is -1.88. The summed E-state index contributed by atoms with van der Waals surface area (Å²) >= 11 is 0. The number of unbranched alkanes of at least 4 members (excludes halogenated alkanes) is 1. The summed E-state index contributed by atoms with van der Waals surface area (Å²) in [5.74, 6) is 0.845. The quantitative estimate of drug-likeness (QED) is 0.792. The van der Waals surface area contributed by atoms with E-state index in [4.69, 9.17) is 9.84 Å². The summed E-state index contributed by atoms with van der Waals surface area (Å²) in [4.78, 5) is 0. The third-order valence-corrected chi connectivity index (χ3v) is 2.63. The molecule has 0 amide bonds. The second-order valence-corrected chi connectivity index (χ2v) is 3.99. The van der Waals surface area contributed by atoms with Crippen molar-refractivity contribution >= 4 is 0 Å². The van der Waals surface area contributed by atoms with Crippen molar-refractivity contribution in [3.05, 3.63) is 36.2 Å². The molecule has 2 aromatic rings. The number of aromatic nitrogens is 3. The van der Waals surface area contributed by atoms with Gasteiger partial charge >= 0.3 is 0 Å². The minimum Gasteiger partial charge on any atom is -0.494 e. The number of aliphatic hydroxyl groups excluding tert-OH is 1. The van der Waals surface area contributed by atoms with Crippen LogP contribution in [0.15, 0.2) is 30.5 Å². The summed E-state index contributed by atoms with van der Waals surface area (Å²) in [7, 11) is 0. The molecule has 1 aromatic carbocycles. The molecule has 0 unspecified atom stereocenters. The Morgan fingerprint density at radius 1 is 1.28 bits per heavy atom. The van der Waals surface area contributed by atoms with Crippen molar-refractivity contribution in [2.45, 2.75) is 26.4 Å². The maximum atomic E-state index is 9.14. The highest BCUT2D eigenvalue weighted by Gasteiger charge is 2.04. The van der Waals surface area contributed by atoms with Crippen LogP contribution >= 0.6 is 0 Å². The van der Waals surface area contributed by atoms with Crippen LogP contribution in [0.1, 0.15) is 25.5 Å². The van der Waals surface area contributed by atoms with Gasteiger partial charge in [0.15, 0.2) is 0 Å². The second-order valence-electron chi connectivity index (χ2n) is 3.99. The van der Waals surface area contributed by atoms with Crippen molar-refractivity contribution < 1.29 is 9.84 Å². The maximum absolute atomic E-state index is 9.14. The number of aliphatic hydroxyl groups is 1. The molecule has 0 saturated carbocycles. The Balaban J connectivity index is 2.07. The maximum Gasteiger partial charge on any atom is 0.119 e. The molecular formula is C13H17N3O2. The van der Waals surface area contributed by atoms with Gasteiger partial charge in [0.2, 0.25) is 0 Å². The molecule has 1 N–H and O–H groups in total. The highest BCUT2D eigenvalue weighted by molar-refractivity contribution is 5.37. The Labute approximate surface area is 106 Å². The third-order valence-electron chi connectivity index (χ3n) is 2.63. The molecule has 5 heteroatoms. The number of hydrogen-bond acceptors (Lipinski definition) is 4. The Morgan fingerprint density at radius 3 is 2.72 bits per heavy atom. The summed E-state index contributed by atoms with van der Waals surface area (Å²) in [6.45, 7) is 2.79. The molecule has 0 saturated heterocycles. The summed E-state index contributed by atoms with van der Waals surface area (Å²) in [6.07, 6.45) is 3.72. The predicted molar refractivity (Wildman–Crippen MR) is 67.7 cm³/mol. The normalized spacial score (nSPS) is 10.6. The van der Waals surface area contributed by atoms with Gasteiger partial charge in [-0.25, -0.2) is 4.68 Å². The number of rotatable bonds is 6. The fourth-order valence-electron chi connectivity index (χ4n) is 1.60. The largest absolute Gasteiger partial charge is 0.494 e. The summed E-state index contributed by atoms with van der Waals surface area (Å²) < 4.78 is 7.19. The lowest BCUT2D eigenvalue weighted by Crippen LogP contribution is -2.02. The van der Waals surface area contributed by atoms with Crippen molar-refractivity contribution in [1.82, 2.24) is 15.0 Å². The van der Waals surface area contributed by atoms with E-state index in [0.717, 1.165) is 30.9 Å². The summed E-state index contributed by atoms with van der Waals surface area (Å²) in [5.41, 5.74) is 1.52. The van der Waals surface area contributed by atoms with E-state index in [9.17, 15) is 0 Å². The fourth-order valence-corrected chi connectivity index (χ4v) is 1.60. The summed E-state index contributed by atoms with van der Waals surface area (Å²) in [6, 6.07) is 7.59. The van der Waals surface area contributed by atoms with Crippen molar-refractivity contribution in [3.8, 4) is 11.4 Å². The van der Waals surface area contributed by atoms with Gasteiger partial charge in [0, 0.05) is 0 Å². The van der Waals surface area contributed by atoms with E-state index in [1.807, 2.05) is 24.3 Å². The highest BCUT2D eigenvalue weighted by atomic mass is 16.5. The first kappa shape index (κ1) is 12.6. The van der Waals surface area contributed by atoms with Crippen LogP contribution in [-0.2, 0) is 6.61 Å². The molecule has 0 spiro atoms. The molecular weight excluding hydrogens is 230 g/mol. The van der Waals surface area contributed by atoms with E-state index in [0.29, 0.717) is 5.69 Å². The average Bonchev–Trinajstić information content (AvgIpc) is 2.88. The monoisotopic (exact) mass is 247 g/mol. The van der Waals surface area contributed by atoms with Gasteiger partial charge in [-0.1, -0.05) is 18.6 Å². The molecule has 1 aromatic heterocycles. The van der Waals surface area contributed by atoms with Crippen LogP contribution in [0.5, 0.6) is 5.75 Å². The SMILES string of the molecule is CCCCOc1ccc(-n2nncc2CO)cc1. The van der Waals surface area contributed by atoms with Crippen molar-refractivity contribution in [3.63, 3.8) is 0 Å². The molecule has 5 nitrogen and oxygen atoms in total. The minimum atomic E-state index is -0.0816. The van der Waals surface area contributed by atoms with E-state index >= 15 is 0 Å². The van der Waals surface area contributed by atoms with E-state index < -0.39 is 0 Å². The molecule has 0 atom stereocenters. The van der Waals surface area contributed by atoms with Crippen molar-refractivity contribution in [2.75, 3.05) is 6.61 Å². The molecule has 0 radical (unpaired) electrons. The van der Waals surface area contributed by atoms with Gasteiger partial charge in [-0.15, -0.1) is 5.10 Å². The van der Waals surface area contributed by atoms with Crippen molar-refractivity contribution in [1.29, 1.82) is 0 Å². The molecule has 2 rings (SSSR count). The van der Waals surface area contributed by atoms with Crippen LogP contribution < -0.4 is 4.74 Å². The van der Waals surface area contributed by atoms with Gasteiger partial charge in [0.25, 0.3) is 0 Å². The zero-order chi connectivity index (χ0) is 12.8. The molecule has 0 aliphatic carbocycles. The standard InChI is InChI=1S/C13H17N3O2/c1-2-3-8-18-13-6-4-11(5-7-13)16-12(10-17)9-14-15-16/h4-7,9,17H,2-3,8,10H2,1H3. The Morgan fingerprint density at radius 2 is 2.06 bits per heavy atom. The third kappa shape index (κ3) is 2.87. The molecule has 1 heterocycles. The number of nitrogens with zero attached hydrogens (tertiary/aromatic N) is 3. The van der Waals surface area contributed by atoms with E-state index in [1.165, 1.54) is 0 Å². The Kier molecular flexibility index (Phi) is 4.30.